The van der Waals surface area contributed by atoms with Crippen LogP contribution in [0.25, 0.3) is 0 Å². The summed E-state index contributed by atoms with van der Waals surface area (Å²) in [6.45, 7) is 4.08. The zero-order chi connectivity index (χ0) is 12.5. The van der Waals surface area contributed by atoms with E-state index in [1.165, 1.54) is 11.0 Å². The van der Waals surface area contributed by atoms with Crippen LogP contribution in [-0.4, -0.2) is 41.3 Å². The van der Waals surface area contributed by atoms with E-state index in [0.29, 0.717) is 6.54 Å². The zero-order valence-corrected chi connectivity index (χ0v) is 9.72. The summed E-state index contributed by atoms with van der Waals surface area (Å²) in [6.07, 6.45) is 4.83. The molecule has 1 heterocycles. The fourth-order valence-corrected chi connectivity index (χ4v) is 3.02. The Bertz CT molecular complexity index is 346. The van der Waals surface area contributed by atoms with Gasteiger partial charge in [-0.2, -0.15) is 0 Å². The van der Waals surface area contributed by atoms with Crippen LogP contribution >= 0.6 is 0 Å². The lowest BCUT2D eigenvalue weighted by atomic mass is 9.70. The number of amides is 1. The second-order valence-corrected chi connectivity index (χ2v) is 4.80. The molecule has 0 aromatic carbocycles. The Morgan fingerprint density at radius 1 is 1.47 bits per heavy atom. The van der Waals surface area contributed by atoms with E-state index in [2.05, 4.69) is 6.58 Å². The molecule has 1 N–H and O–H groups in total. The maximum atomic E-state index is 11.6. The van der Waals surface area contributed by atoms with Crippen LogP contribution in [-0.2, 0) is 9.53 Å². The van der Waals surface area contributed by atoms with Gasteiger partial charge in [-0.25, -0.2) is 9.59 Å². The molecule has 1 aliphatic carbocycles. The molecule has 1 amide bonds. The lowest BCUT2D eigenvalue weighted by Crippen LogP contribution is -2.68. The minimum Gasteiger partial charge on any atom is -0.480 e. The van der Waals surface area contributed by atoms with Crippen molar-refractivity contribution in [1.29, 1.82) is 0 Å². The molecule has 2 aliphatic rings. The van der Waals surface area contributed by atoms with Crippen LogP contribution in [0.2, 0.25) is 0 Å². The predicted octanol–water partition coefficient (Wildman–Crippen LogP) is 1.64. The molecule has 0 radical (unpaired) electrons. The molecule has 2 fully saturated rings. The third-order valence-corrected chi connectivity index (χ3v) is 3.77. The number of aliphatic carboxylic acids is 1. The van der Waals surface area contributed by atoms with Crippen molar-refractivity contribution in [3.63, 3.8) is 0 Å². The summed E-state index contributed by atoms with van der Waals surface area (Å²) in [4.78, 5) is 24.2. The first kappa shape index (κ1) is 12.0. The molecular formula is C12H17NO4. The van der Waals surface area contributed by atoms with Crippen molar-refractivity contribution in [3.8, 4) is 0 Å². The minimum atomic E-state index is -0.922. The number of carbonyl (C=O) groups is 2. The minimum absolute atomic E-state index is 0.120. The molecule has 1 saturated carbocycles. The molecule has 1 saturated heterocycles. The summed E-state index contributed by atoms with van der Waals surface area (Å²) in [7, 11) is 0. The standard InChI is InChI=1S/C12H17NO4/c1-2-7-17-11(16)13-8-12(5-3-4-6-12)9(13)10(14)15/h2,9H,1,3-8H2,(H,14,15). The topological polar surface area (TPSA) is 66.8 Å². The van der Waals surface area contributed by atoms with Gasteiger partial charge in [0.05, 0.1) is 0 Å². The fraction of sp³-hybridized carbons (Fsp3) is 0.667. The summed E-state index contributed by atoms with van der Waals surface area (Å²) >= 11 is 0. The first-order valence-corrected chi connectivity index (χ1v) is 5.88. The van der Waals surface area contributed by atoms with Gasteiger partial charge in [-0.15, -0.1) is 0 Å². The molecule has 0 aromatic heterocycles. The lowest BCUT2D eigenvalue weighted by molar-refractivity contribution is -0.161. The second kappa shape index (κ2) is 4.39. The normalized spacial score (nSPS) is 25.4. The Labute approximate surface area is 100 Å². The second-order valence-electron chi connectivity index (χ2n) is 4.80. The van der Waals surface area contributed by atoms with Crippen LogP contribution in [0.15, 0.2) is 12.7 Å². The van der Waals surface area contributed by atoms with Crippen molar-refractivity contribution in [2.45, 2.75) is 31.7 Å². The number of carboxylic acid groups (broad SMARTS) is 1. The zero-order valence-electron chi connectivity index (χ0n) is 9.72. The number of nitrogens with zero attached hydrogens (tertiary/aromatic N) is 1. The van der Waals surface area contributed by atoms with Crippen LogP contribution < -0.4 is 0 Å². The maximum absolute atomic E-state index is 11.6. The molecule has 1 unspecified atom stereocenters. The van der Waals surface area contributed by atoms with Gasteiger partial charge in [-0.1, -0.05) is 25.5 Å². The van der Waals surface area contributed by atoms with Gasteiger partial charge < -0.3 is 9.84 Å². The SMILES string of the molecule is C=CCOC(=O)N1CC2(CCCC2)C1C(=O)O. The number of carbonyl (C=O) groups excluding carboxylic acids is 1. The van der Waals surface area contributed by atoms with Crippen LogP contribution in [0.4, 0.5) is 4.79 Å². The number of hydrogen-bond donors (Lipinski definition) is 1. The van der Waals surface area contributed by atoms with E-state index in [0.717, 1.165) is 25.7 Å². The first-order chi connectivity index (χ1) is 8.10. The van der Waals surface area contributed by atoms with Crippen molar-refractivity contribution in [3.05, 3.63) is 12.7 Å². The molecule has 1 spiro atoms. The summed E-state index contributed by atoms with van der Waals surface area (Å²) in [5.41, 5.74) is -0.195. The van der Waals surface area contributed by atoms with E-state index in [1.54, 1.807) is 0 Å². The van der Waals surface area contributed by atoms with E-state index in [4.69, 9.17) is 4.74 Å². The molecule has 5 nitrogen and oxygen atoms in total. The number of hydrogen-bond acceptors (Lipinski definition) is 3. The number of rotatable bonds is 3. The number of likely N-dealkylation sites (tertiary alicyclic amines) is 1. The molecule has 2 rings (SSSR count). The van der Waals surface area contributed by atoms with Crippen LogP contribution in [0.3, 0.4) is 0 Å². The van der Waals surface area contributed by atoms with Crippen molar-refractivity contribution < 1.29 is 19.4 Å². The molecule has 17 heavy (non-hydrogen) atoms. The fourth-order valence-electron chi connectivity index (χ4n) is 3.02. The van der Waals surface area contributed by atoms with Crippen LogP contribution in [0.5, 0.6) is 0 Å². The van der Waals surface area contributed by atoms with E-state index in [9.17, 15) is 14.7 Å². The number of ether oxygens (including phenoxy) is 1. The third-order valence-electron chi connectivity index (χ3n) is 3.77. The third kappa shape index (κ3) is 1.90. The highest BCUT2D eigenvalue weighted by molar-refractivity contribution is 5.83. The van der Waals surface area contributed by atoms with Gasteiger partial charge in [-0.3, -0.25) is 4.90 Å². The highest BCUT2D eigenvalue weighted by atomic mass is 16.6. The Hall–Kier alpha value is -1.52. The van der Waals surface area contributed by atoms with Gasteiger partial charge >= 0.3 is 12.1 Å². The molecule has 94 valence electrons. The maximum Gasteiger partial charge on any atom is 0.410 e. The monoisotopic (exact) mass is 239 g/mol. The van der Waals surface area contributed by atoms with Crippen LogP contribution in [0, 0.1) is 5.41 Å². The van der Waals surface area contributed by atoms with Gasteiger partial charge in [0, 0.05) is 12.0 Å². The predicted molar refractivity (Wildman–Crippen MR) is 60.6 cm³/mol. The van der Waals surface area contributed by atoms with Crippen LogP contribution in [0.1, 0.15) is 25.7 Å². The lowest BCUT2D eigenvalue weighted by Gasteiger charge is -2.52. The highest BCUT2D eigenvalue weighted by Gasteiger charge is 2.59. The van der Waals surface area contributed by atoms with Gasteiger partial charge in [-0.05, 0) is 12.8 Å². The van der Waals surface area contributed by atoms with E-state index in [-0.39, 0.29) is 12.0 Å². The first-order valence-electron chi connectivity index (χ1n) is 5.88. The van der Waals surface area contributed by atoms with E-state index >= 15 is 0 Å². The average Bonchev–Trinajstić information content (AvgIpc) is 2.72. The molecule has 0 bridgehead atoms. The number of carboxylic acids is 1. The Kier molecular flexibility index (Phi) is 3.09. The van der Waals surface area contributed by atoms with Gasteiger partial charge in [0.1, 0.15) is 12.6 Å². The average molecular weight is 239 g/mol. The smallest absolute Gasteiger partial charge is 0.410 e. The summed E-state index contributed by atoms with van der Waals surface area (Å²) in [5.74, 6) is -0.922. The molecule has 5 heteroatoms. The molecule has 1 aliphatic heterocycles. The summed E-state index contributed by atoms with van der Waals surface area (Å²) in [5, 5.41) is 9.23. The Morgan fingerprint density at radius 3 is 2.65 bits per heavy atom. The largest absolute Gasteiger partial charge is 0.480 e. The molecule has 0 aromatic rings. The van der Waals surface area contributed by atoms with Crippen molar-refractivity contribution in [2.24, 2.45) is 5.41 Å². The molecule has 1 atom stereocenters. The van der Waals surface area contributed by atoms with Crippen molar-refractivity contribution in [1.82, 2.24) is 4.90 Å². The van der Waals surface area contributed by atoms with E-state index < -0.39 is 18.1 Å². The Morgan fingerprint density at radius 2 is 2.12 bits per heavy atom. The Balaban J connectivity index is 2.03. The highest BCUT2D eigenvalue weighted by Crippen LogP contribution is 2.50. The molecular weight excluding hydrogens is 222 g/mol. The quantitative estimate of drug-likeness (QED) is 0.760. The van der Waals surface area contributed by atoms with Crippen molar-refractivity contribution >= 4 is 12.1 Å². The van der Waals surface area contributed by atoms with Crippen molar-refractivity contribution in [2.75, 3.05) is 13.2 Å². The van der Waals surface area contributed by atoms with Gasteiger partial charge in [0.2, 0.25) is 0 Å². The summed E-state index contributed by atoms with van der Waals surface area (Å²) in [6, 6.07) is -0.706. The van der Waals surface area contributed by atoms with Gasteiger partial charge in [0.25, 0.3) is 0 Å². The summed E-state index contributed by atoms with van der Waals surface area (Å²) < 4.78 is 4.88. The van der Waals surface area contributed by atoms with Gasteiger partial charge in [0.15, 0.2) is 0 Å². The van der Waals surface area contributed by atoms with E-state index in [1.807, 2.05) is 0 Å².